The molecule has 1 saturated carbocycles. The van der Waals surface area contributed by atoms with Gasteiger partial charge in [-0.25, -0.2) is 8.78 Å². The molecule has 0 aromatic rings. The molecule has 0 bridgehead atoms. The van der Waals surface area contributed by atoms with Crippen LogP contribution in [0.1, 0.15) is 12.8 Å². The fourth-order valence-electron chi connectivity index (χ4n) is 1.07. The predicted octanol–water partition coefficient (Wildman–Crippen LogP) is 1.93. The van der Waals surface area contributed by atoms with E-state index in [9.17, 15) is 17.6 Å². The number of rotatable bonds is 2. The second-order valence-electron chi connectivity index (χ2n) is 2.95. The molecule has 2 N–H and O–H groups in total. The van der Waals surface area contributed by atoms with Crippen molar-refractivity contribution in [1.82, 2.24) is 0 Å². The third-order valence-electron chi connectivity index (χ3n) is 1.74. The number of halogens is 4. The van der Waals surface area contributed by atoms with Gasteiger partial charge in [0.25, 0.3) is 0 Å². The largest absolute Gasteiger partial charge is 0.327 e. The van der Waals surface area contributed by atoms with E-state index >= 15 is 0 Å². The lowest BCUT2D eigenvalue weighted by molar-refractivity contribution is -0.0916. The van der Waals surface area contributed by atoms with Gasteiger partial charge in [-0.3, -0.25) is 0 Å². The van der Waals surface area contributed by atoms with Crippen LogP contribution in [0.25, 0.3) is 0 Å². The number of nitrogens with two attached hydrogens (primary N) is 1. The smallest absolute Gasteiger partial charge is 0.326 e. The molecule has 70 valence electrons. The van der Waals surface area contributed by atoms with Crippen LogP contribution in [0.2, 0.25) is 0 Å². The van der Waals surface area contributed by atoms with Crippen LogP contribution in [0.4, 0.5) is 17.6 Å². The van der Waals surface area contributed by atoms with Gasteiger partial charge in [0.05, 0.1) is 0 Å². The summed E-state index contributed by atoms with van der Waals surface area (Å²) in [6.45, 7) is 0. The van der Waals surface area contributed by atoms with Crippen LogP contribution in [-0.2, 0) is 0 Å². The molecule has 1 fully saturated rings. The van der Waals surface area contributed by atoms with E-state index in [0.717, 1.165) is 0 Å². The van der Waals surface area contributed by atoms with E-state index in [1.54, 1.807) is 0 Å². The number of allylic oxidation sites excluding steroid dienone is 1. The Bertz CT molecular complexity index is 192. The molecule has 0 saturated heterocycles. The third kappa shape index (κ3) is 1.97. The average molecular weight is 183 g/mol. The molecule has 0 aromatic carbocycles. The molecule has 0 aromatic heterocycles. The van der Waals surface area contributed by atoms with Crippen molar-refractivity contribution in [3.05, 3.63) is 11.6 Å². The molecule has 1 aliphatic rings. The molecular formula is C7H9F4N. The average Bonchev–Trinajstić information content (AvgIpc) is 1.83. The van der Waals surface area contributed by atoms with Gasteiger partial charge in [0.1, 0.15) is 0 Å². The summed E-state index contributed by atoms with van der Waals surface area (Å²) in [5, 5.41) is 0. The van der Waals surface area contributed by atoms with Crippen molar-refractivity contribution >= 4 is 0 Å². The van der Waals surface area contributed by atoms with Crippen LogP contribution < -0.4 is 5.73 Å². The molecule has 12 heavy (non-hydrogen) atoms. The first-order chi connectivity index (χ1) is 5.42. The quantitative estimate of drug-likeness (QED) is 0.513. The van der Waals surface area contributed by atoms with E-state index in [2.05, 4.69) is 0 Å². The predicted molar refractivity (Wildman–Crippen MR) is 36.2 cm³/mol. The van der Waals surface area contributed by atoms with Crippen LogP contribution in [0.15, 0.2) is 11.6 Å². The molecule has 0 unspecified atom stereocenters. The lowest BCUT2D eigenvalue weighted by Gasteiger charge is -2.26. The van der Waals surface area contributed by atoms with Crippen LogP contribution in [-0.4, -0.2) is 18.4 Å². The van der Waals surface area contributed by atoms with Gasteiger partial charge < -0.3 is 5.73 Å². The highest BCUT2D eigenvalue weighted by molar-refractivity contribution is 5.19. The van der Waals surface area contributed by atoms with Crippen molar-refractivity contribution in [3.8, 4) is 0 Å². The van der Waals surface area contributed by atoms with E-state index in [-0.39, 0.29) is 6.04 Å². The third-order valence-corrected chi connectivity index (χ3v) is 1.74. The molecular weight excluding hydrogens is 174 g/mol. The Morgan fingerprint density at radius 2 is 1.92 bits per heavy atom. The summed E-state index contributed by atoms with van der Waals surface area (Å²) in [5.74, 6) is -3.99. The lowest BCUT2D eigenvalue weighted by atomic mass is 9.86. The normalized spacial score (nSPS) is 24.2. The van der Waals surface area contributed by atoms with Gasteiger partial charge in [-0.2, -0.15) is 8.78 Å². The van der Waals surface area contributed by atoms with E-state index in [1.807, 2.05) is 0 Å². The van der Waals surface area contributed by atoms with Gasteiger partial charge in [-0.1, -0.05) is 5.57 Å². The summed E-state index contributed by atoms with van der Waals surface area (Å²) in [6, 6.07) is -0.135. The number of alkyl halides is 4. The van der Waals surface area contributed by atoms with Crippen molar-refractivity contribution < 1.29 is 17.6 Å². The van der Waals surface area contributed by atoms with Crippen molar-refractivity contribution in [2.24, 2.45) is 5.73 Å². The van der Waals surface area contributed by atoms with Crippen LogP contribution >= 0.6 is 0 Å². The zero-order chi connectivity index (χ0) is 9.35. The maximum absolute atomic E-state index is 12.3. The lowest BCUT2D eigenvalue weighted by Crippen LogP contribution is -2.33. The molecule has 5 heteroatoms. The van der Waals surface area contributed by atoms with E-state index in [4.69, 9.17) is 5.73 Å². The van der Waals surface area contributed by atoms with Gasteiger partial charge >= 0.3 is 12.3 Å². The summed E-state index contributed by atoms with van der Waals surface area (Å²) in [4.78, 5) is 0. The second kappa shape index (κ2) is 3.05. The monoisotopic (exact) mass is 183 g/mol. The Morgan fingerprint density at radius 3 is 2.25 bits per heavy atom. The van der Waals surface area contributed by atoms with Gasteiger partial charge in [0.2, 0.25) is 0 Å². The van der Waals surface area contributed by atoms with E-state index in [0.29, 0.717) is 24.5 Å². The fraction of sp³-hybridized carbons (Fsp3) is 0.714. The topological polar surface area (TPSA) is 26.0 Å². The first-order valence-electron chi connectivity index (χ1n) is 3.54. The maximum atomic E-state index is 12.3. The minimum absolute atomic E-state index is 0.135. The van der Waals surface area contributed by atoms with E-state index in [1.165, 1.54) is 0 Å². The zero-order valence-electron chi connectivity index (χ0n) is 6.24. The summed E-state index contributed by atoms with van der Waals surface area (Å²) >= 11 is 0. The zero-order valence-corrected chi connectivity index (χ0v) is 6.24. The van der Waals surface area contributed by atoms with E-state index < -0.39 is 12.3 Å². The Kier molecular flexibility index (Phi) is 2.41. The Labute approximate surface area is 67.2 Å². The number of hydrogen-bond donors (Lipinski definition) is 1. The molecule has 1 nitrogen and oxygen atoms in total. The molecule has 0 radical (unpaired) electrons. The molecule has 1 aliphatic carbocycles. The standard InChI is InChI=1S/C7H9F4N/c8-6(9)7(10,11)3-4-1-5(12)2-4/h3,5-6H,1-2,12H2. The van der Waals surface area contributed by atoms with Crippen molar-refractivity contribution in [1.29, 1.82) is 0 Å². The summed E-state index contributed by atoms with van der Waals surface area (Å²) in [6.07, 6.45) is -2.67. The Balaban J connectivity index is 2.55. The summed E-state index contributed by atoms with van der Waals surface area (Å²) in [7, 11) is 0. The van der Waals surface area contributed by atoms with Crippen LogP contribution in [0.3, 0.4) is 0 Å². The molecule has 0 heterocycles. The SMILES string of the molecule is NC1CC(=CC(F)(F)C(F)F)C1. The highest BCUT2D eigenvalue weighted by Gasteiger charge is 2.39. The molecule has 0 spiro atoms. The summed E-state index contributed by atoms with van der Waals surface area (Å²) < 4.78 is 47.8. The van der Waals surface area contributed by atoms with Crippen molar-refractivity contribution in [2.75, 3.05) is 0 Å². The van der Waals surface area contributed by atoms with Crippen molar-refractivity contribution in [2.45, 2.75) is 31.2 Å². The highest BCUT2D eigenvalue weighted by atomic mass is 19.3. The van der Waals surface area contributed by atoms with Gasteiger partial charge in [-0.05, 0) is 18.9 Å². The highest BCUT2D eigenvalue weighted by Crippen LogP contribution is 2.32. The maximum Gasteiger partial charge on any atom is 0.326 e. The summed E-state index contributed by atoms with van der Waals surface area (Å²) in [5.41, 5.74) is 5.62. The Morgan fingerprint density at radius 1 is 1.42 bits per heavy atom. The second-order valence-corrected chi connectivity index (χ2v) is 2.95. The molecule has 1 rings (SSSR count). The van der Waals surface area contributed by atoms with Gasteiger partial charge in [-0.15, -0.1) is 0 Å². The minimum Gasteiger partial charge on any atom is -0.327 e. The Hall–Kier alpha value is -0.580. The van der Waals surface area contributed by atoms with Crippen molar-refractivity contribution in [3.63, 3.8) is 0 Å². The number of hydrogen-bond acceptors (Lipinski definition) is 1. The van der Waals surface area contributed by atoms with Gasteiger partial charge in [0.15, 0.2) is 0 Å². The first kappa shape index (κ1) is 9.51. The molecule has 0 aliphatic heterocycles. The minimum atomic E-state index is -3.99. The fourth-order valence-corrected chi connectivity index (χ4v) is 1.07. The van der Waals surface area contributed by atoms with Gasteiger partial charge in [0, 0.05) is 6.04 Å². The molecule has 0 amide bonds. The van der Waals surface area contributed by atoms with Crippen LogP contribution in [0.5, 0.6) is 0 Å². The molecule has 0 atom stereocenters. The van der Waals surface area contributed by atoms with Crippen LogP contribution in [0, 0.1) is 0 Å². The first-order valence-corrected chi connectivity index (χ1v) is 3.54.